The summed E-state index contributed by atoms with van der Waals surface area (Å²) in [6, 6.07) is 5.20. The predicted molar refractivity (Wildman–Crippen MR) is 70.4 cm³/mol. The van der Waals surface area contributed by atoms with Crippen molar-refractivity contribution < 1.29 is 0 Å². The van der Waals surface area contributed by atoms with Crippen LogP contribution in [-0.2, 0) is 0 Å². The maximum atomic E-state index is 5.89. The third-order valence-electron chi connectivity index (χ3n) is 1.66. The Kier molecular flexibility index (Phi) is 4.33. The molecular weight excluding hydrogens is 324 g/mol. The molecule has 88 valence electrons. The van der Waals surface area contributed by atoms with Gasteiger partial charge in [0, 0.05) is 4.90 Å². The molecule has 0 aliphatic heterocycles. The number of aromatic nitrogens is 3. The average molecular weight is 327 g/mol. The highest BCUT2D eigenvalue weighted by Crippen LogP contribution is 2.31. The van der Waals surface area contributed by atoms with E-state index in [0.29, 0.717) is 15.2 Å². The molecule has 0 bridgehead atoms. The van der Waals surface area contributed by atoms with Crippen LogP contribution < -0.4 is 0 Å². The fraction of sp³-hybridized carbons (Fsp3) is 0. The SMILES string of the molecule is Clc1nc(Cl)nc(Sc2ccc(Cl)c(Cl)c2)n1. The van der Waals surface area contributed by atoms with E-state index < -0.39 is 0 Å². The molecule has 0 N–H and O–H groups in total. The van der Waals surface area contributed by atoms with Gasteiger partial charge in [-0.2, -0.15) is 15.0 Å². The minimum atomic E-state index is 0.0487. The number of hydrogen-bond acceptors (Lipinski definition) is 4. The first kappa shape index (κ1) is 13.2. The van der Waals surface area contributed by atoms with Crippen molar-refractivity contribution in [2.24, 2.45) is 0 Å². The Morgan fingerprint density at radius 2 is 1.47 bits per heavy atom. The molecule has 8 heteroatoms. The average Bonchev–Trinajstić information content (AvgIpc) is 2.22. The van der Waals surface area contributed by atoms with Crippen LogP contribution in [0.15, 0.2) is 28.3 Å². The molecule has 0 amide bonds. The van der Waals surface area contributed by atoms with E-state index in [0.717, 1.165) is 4.90 Å². The molecule has 0 unspecified atom stereocenters. The first-order valence-corrected chi connectivity index (χ1v) is 6.57. The first-order valence-electron chi connectivity index (χ1n) is 4.24. The zero-order valence-electron chi connectivity index (χ0n) is 7.99. The van der Waals surface area contributed by atoms with Crippen molar-refractivity contribution in [2.75, 3.05) is 0 Å². The highest BCUT2D eigenvalue weighted by molar-refractivity contribution is 7.99. The molecule has 0 aliphatic rings. The minimum Gasteiger partial charge on any atom is -0.191 e. The van der Waals surface area contributed by atoms with Gasteiger partial charge in [-0.05, 0) is 53.2 Å². The van der Waals surface area contributed by atoms with E-state index >= 15 is 0 Å². The van der Waals surface area contributed by atoms with Gasteiger partial charge in [0.2, 0.25) is 10.6 Å². The van der Waals surface area contributed by atoms with E-state index in [1.807, 2.05) is 0 Å². The van der Waals surface area contributed by atoms with Crippen LogP contribution in [0.3, 0.4) is 0 Å². The van der Waals surface area contributed by atoms with E-state index in [2.05, 4.69) is 15.0 Å². The zero-order chi connectivity index (χ0) is 12.4. The Bertz CT molecular complexity index is 544. The van der Waals surface area contributed by atoms with Crippen LogP contribution in [0.1, 0.15) is 0 Å². The minimum absolute atomic E-state index is 0.0487. The lowest BCUT2D eigenvalue weighted by Gasteiger charge is -2.02. The summed E-state index contributed by atoms with van der Waals surface area (Å²) in [7, 11) is 0. The summed E-state index contributed by atoms with van der Waals surface area (Å²) in [5.74, 6) is 0. The van der Waals surface area contributed by atoms with Gasteiger partial charge in [0.1, 0.15) is 0 Å². The van der Waals surface area contributed by atoms with Crippen LogP contribution in [0.5, 0.6) is 0 Å². The third kappa shape index (κ3) is 3.60. The Morgan fingerprint density at radius 1 is 0.824 bits per heavy atom. The summed E-state index contributed by atoms with van der Waals surface area (Å²) in [5, 5.41) is 1.44. The van der Waals surface area contributed by atoms with Crippen LogP contribution in [0.2, 0.25) is 20.6 Å². The van der Waals surface area contributed by atoms with Crippen LogP contribution in [0.25, 0.3) is 0 Å². The van der Waals surface area contributed by atoms with Crippen LogP contribution in [0, 0.1) is 0 Å². The summed E-state index contributed by atoms with van der Waals surface area (Å²) in [5.41, 5.74) is 0. The van der Waals surface area contributed by atoms with Gasteiger partial charge < -0.3 is 0 Å². The number of halogens is 4. The smallest absolute Gasteiger partial charge is 0.191 e. The summed E-state index contributed by atoms with van der Waals surface area (Å²) >= 11 is 24.3. The van der Waals surface area contributed by atoms with E-state index in [1.165, 1.54) is 11.8 Å². The first-order chi connectivity index (χ1) is 8.04. The quantitative estimate of drug-likeness (QED) is 0.806. The lowest BCUT2D eigenvalue weighted by molar-refractivity contribution is 0.904. The van der Waals surface area contributed by atoms with Crippen LogP contribution >= 0.6 is 58.2 Å². The topological polar surface area (TPSA) is 38.7 Å². The second kappa shape index (κ2) is 5.59. The zero-order valence-corrected chi connectivity index (χ0v) is 11.8. The Labute approximate surface area is 121 Å². The summed E-state index contributed by atoms with van der Waals surface area (Å²) in [4.78, 5) is 12.3. The molecule has 2 rings (SSSR count). The van der Waals surface area contributed by atoms with Crippen molar-refractivity contribution >= 4 is 58.2 Å². The van der Waals surface area contributed by atoms with Crippen LogP contribution in [-0.4, -0.2) is 15.0 Å². The molecular formula is C9H3Cl4N3S. The highest BCUT2D eigenvalue weighted by Gasteiger charge is 2.07. The summed E-state index contributed by atoms with van der Waals surface area (Å²) in [6.07, 6.45) is 0. The molecule has 0 atom stereocenters. The van der Waals surface area contributed by atoms with Crippen LogP contribution in [0.4, 0.5) is 0 Å². The number of nitrogens with zero attached hydrogens (tertiary/aromatic N) is 3. The van der Waals surface area contributed by atoms with E-state index in [9.17, 15) is 0 Å². The molecule has 0 radical (unpaired) electrons. The molecule has 1 aromatic carbocycles. The van der Waals surface area contributed by atoms with Gasteiger partial charge >= 0.3 is 0 Å². The largest absolute Gasteiger partial charge is 0.227 e. The molecule has 0 aliphatic carbocycles. The fourth-order valence-electron chi connectivity index (χ4n) is 1.00. The van der Waals surface area contributed by atoms with Gasteiger partial charge in [0.25, 0.3) is 0 Å². The molecule has 0 saturated carbocycles. The highest BCUT2D eigenvalue weighted by atomic mass is 35.5. The van der Waals surface area contributed by atoms with Crippen molar-refractivity contribution in [3.63, 3.8) is 0 Å². The lowest BCUT2D eigenvalue weighted by atomic mass is 10.4. The monoisotopic (exact) mass is 325 g/mol. The molecule has 1 heterocycles. The summed E-state index contributed by atoms with van der Waals surface area (Å²) in [6.45, 7) is 0. The van der Waals surface area contributed by atoms with Crippen molar-refractivity contribution in [2.45, 2.75) is 10.1 Å². The molecule has 3 nitrogen and oxygen atoms in total. The maximum Gasteiger partial charge on any atom is 0.227 e. The lowest BCUT2D eigenvalue weighted by Crippen LogP contribution is -1.91. The van der Waals surface area contributed by atoms with Crippen molar-refractivity contribution in [3.05, 3.63) is 38.8 Å². The van der Waals surface area contributed by atoms with E-state index in [1.54, 1.807) is 18.2 Å². The normalized spacial score (nSPS) is 10.6. The van der Waals surface area contributed by atoms with Crippen molar-refractivity contribution in [3.8, 4) is 0 Å². The molecule has 17 heavy (non-hydrogen) atoms. The molecule has 0 saturated heterocycles. The third-order valence-corrected chi connectivity index (χ3v) is 3.59. The standard InChI is InChI=1S/C9H3Cl4N3S/c10-5-2-1-4(3-6(5)11)17-9-15-7(12)14-8(13)16-9/h1-3H. The maximum absolute atomic E-state index is 5.89. The number of rotatable bonds is 2. The second-order valence-electron chi connectivity index (χ2n) is 2.83. The Morgan fingerprint density at radius 3 is 2.06 bits per heavy atom. The second-order valence-corrected chi connectivity index (χ2v) is 5.37. The summed E-state index contributed by atoms with van der Waals surface area (Å²) < 4.78 is 0. The van der Waals surface area contributed by atoms with E-state index in [-0.39, 0.29) is 10.6 Å². The van der Waals surface area contributed by atoms with Gasteiger partial charge in [-0.25, -0.2) is 0 Å². The Hall–Kier alpha value is -0.260. The molecule has 1 aromatic heterocycles. The van der Waals surface area contributed by atoms with Gasteiger partial charge in [0.05, 0.1) is 10.0 Å². The van der Waals surface area contributed by atoms with Crippen molar-refractivity contribution in [1.82, 2.24) is 15.0 Å². The predicted octanol–water partition coefficient (Wildman–Crippen LogP) is 4.64. The van der Waals surface area contributed by atoms with Gasteiger partial charge in [-0.15, -0.1) is 0 Å². The molecule has 0 fully saturated rings. The Balaban J connectivity index is 2.28. The van der Waals surface area contributed by atoms with Crippen molar-refractivity contribution in [1.29, 1.82) is 0 Å². The van der Waals surface area contributed by atoms with Gasteiger partial charge in [-0.1, -0.05) is 23.2 Å². The number of benzene rings is 1. The fourth-order valence-corrected chi connectivity index (χ4v) is 2.61. The van der Waals surface area contributed by atoms with Gasteiger partial charge in [-0.3, -0.25) is 0 Å². The van der Waals surface area contributed by atoms with E-state index in [4.69, 9.17) is 46.4 Å². The molecule has 0 spiro atoms. The number of hydrogen-bond donors (Lipinski definition) is 0. The molecule has 2 aromatic rings. The van der Waals surface area contributed by atoms with Gasteiger partial charge in [0.15, 0.2) is 5.16 Å².